The molecule has 8 atom stereocenters. The van der Waals surface area contributed by atoms with E-state index in [9.17, 15) is 14.7 Å². The van der Waals surface area contributed by atoms with E-state index in [0.717, 1.165) is 18.4 Å². The lowest BCUT2D eigenvalue weighted by atomic mass is 9.51. The molecular formula is C29H38O8. The van der Waals surface area contributed by atoms with Crippen LogP contribution in [-0.2, 0) is 33.3 Å². The number of allylic oxidation sites excluding steroid dienone is 3. The van der Waals surface area contributed by atoms with Gasteiger partial charge in [-0.15, -0.1) is 0 Å². The Morgan fingerprint density at radius 1 is 1.05 bits per heavy atom. The number of aliphatic hydroxyl groups is 1. The molecule has 3 fully saturated rings. The zero-order valence-electron chi connectivity index (χ0n) is 22.1. The Kier molecular flexibility index (Phi) is 6.98. The first-order chi connectivity index (χ1) is 17.6. The predicted octanol–water partition coefficient (Wildman–Crippen LogP) is 3.34. The van der Waals surface area contributed by atoms with Gasteiger partial charge in [-0.1, -0.05) is 42.4 Å². The van der Waals surface area contributed by atoms with Crippen LogP contribution in [0.25, 0.3) is 0 Å². The molecule has 0 radical (unpaired) electrons. The second-order valence-corrected chi connectivity index (χ2v) is 11.4. The molecular weight excluding hydrogens is 476 g/mol. The standard InChI is InChI=1S/C29H38O8/c1-18-9-11-28-16-34-26(32)14-19(2)10-12-33-21(20(3)30)7-5-6-8-25(31)37-22-15-24(36-23(28)13-18)29(17-35-29)27(22,28)4/h5-8,13-14,20-24,30H,9-12,15-17H2,1-4H3/b7-5-,8-6-,19-14-/t20-,21-,22-,23-,24-,27-,28-,29+/m1/s1. The van der Waals surface area contributed by atoms with Crippen LogP contribution in [0.1, 0.15) is 53.4 Å². The second kappa shape index (κ2) is 9.80. The van der Waals surface area contributed by atoms with Gasteiger partial charge in [0.25, 0.3) is 0 Å². The van der Waals surface area contributed by atoms with Crippen molar-refractivity contribution in [3.05, 3.63) is 47.6 Å². The van der Waals surface area contributed by atoms with E-state index in [-0.39, 0.29) is 18.8 Å². The Morgan fingerprint density at radius 2 is 1.84 bits per heavy atom. The van der Waals surface area contributed by atoms with Crippen molar-refractivity contribution in [3.8, 4) is 0 Å². The summed E-state index contributed by atoms with van der Waals surface area (Å²) in [4.78, 5) is 25.9. The van der Waals surface area contributed by atoms with Gasteiger partial charge in [0.15, 0.2) is 0 Å². The molecule has 3 heterocycles. The van der Waals surface area contributed by atoms with Crippen molar-refractivity contribution in [3.63, 3.8) is 0 Å². The lowest BCUT2D eigenvalue weighted by Crippen LogP contribution is -2.66. The molecule has 1 N–H and O–H groups in total. The molecule has 1 saturated carbocycles. The molecule has 0 unspecified atom stereocenters. The van der Waals surface area contributed by atoms with Crippen LogP contribution in [0.3, 0.4) is 0 Å². The summed E-state index contributed by atoms with van der Waals surface area (Å²) in [6.07, 6.45) is 10.5. The van der Waals surface area contributed by atoms with Crippen LogP contribution in [0.15, 0.2) is 47.6 Å². The molecule has 2 bridgehead atoms. The van der Waals surface area contributed by atoms with Gasteiger partial charge in [-0.2, -0.15) is 0 Å². The highest BCUT2D eigenvalue weighted by Crippen LogP contribution is 2.72. The lowest BCUT2D eigenvalue weighted by molar-refractivity contribution is -0.232. The summed E-state index contributed by atoms with van der Waals surface area (Å²) in [7, 11) is 0. The van der Waals surface area contributed by atoms with Gasteiger partial charge >= 0.3 is 11.9 Å². The number of cyclic esters (lactones) is 1. The van der Waals surface area contributed by atoms with Crippen LogP contribution in [0.5, 0.6) is 0 Å². The first kappa shape index (κ1) is 26.4. The summed E-state index contributed by atoms with van der Waals surface area (Å²) in [5, 5.41) is 10.0. The molecule has 8 nitrogen and oxygen atoms in total. The molecule has 37 heavy (non-hydrogen) atoms. The number of epoxide rings is 1. The van der Waals surface area contributed by atoms with Crippen LogP contribution in [0.2, 0.25) is 0 Å². The minimum Gasteiger partial charge on any atom is -0.462 e. The largest absolute Gasteiger partial charge is 0.462 e. The maximum absolute atomic E-state index is 12.9. The van der Waals surface area contributed by atoms with Crippen LogP contribution < -0.4 is 0 Å². The molecule has 2 spiro atoms. The summed E-state index contributed by atoms with van der Waals surface area (Å²) in [6, 6.07) is 0. The fraction of sp³-hybridized carbons (Fsp3) is 0.655. The van der Waals surface area contributed by atoms with Crippen LogP contribution in [0, 0.1) is 10.8 Å². The molecule has 0 amide bonds. The quantitative estimate of drug-likeness (QED) is 0.323. The number of hydrogen-bond acceptors (Lipinski definition) is 8. The average molecular weight is 515 g/mol. The van der Waals surface area contributed by atoms with Crippen LogP contribution >= 0.6 is 0 Å². The van der Waals surface area contributed by atoms with Crippen molar-refractivity contribution in [2.45, 2.75) is 89.5 Å². The number of rotatable bonds is 1. The fourth-order valence-electron chi connectivity index (χ4n) is 6.85. The monoisotopic (exact) mass is 514 g/mol. The Morgan fingerprint density at radius 3 is 2.57 bits per heavy atom. The second-order valence-electron chi connectivity index (χ2n) is 11.4. The van der Waals surface area contributed by atoms with Gasteiger partial charge < -0.3 is 28.8 Å². The maximum atomic E-state index is 12.9. The summed E-state index contributed by atoms with van der Waals surface area (Å²) in [6.45, 7) is 8.73. The molecule has 2 saturated heterocycles. The van der Waals surface area contributed by atoms with Crippen LogP contribution in [0.4, 0.5) is 0 Å². The number of carbonyl (C=O) groups is 2. The van der Waals surface area contributed by atoms with Crippen molar-refractivity contribution in [2.24, 2.45) is 10.8 Å². The lowest BCUT2D eigenvalue weighted by Gasteiger charge is -2.58. The highest BCUT2D eigenvalue weighted by molar-refractivity contribution is 5.83. The van der Waals surface area contributed by atoms with Gasteiger partial charge in [0.05, 0.1) is 36.9 Å². The highest BCUT2D eigenvalue weighted by Gasteiger charge is 2.83. The smallest absolute Gasteiger partial charge is 0.331 e. The summed E-state index contributed by atoms with van der Waals surface area (Å²) >= 11 is 0. The summed E-state index contributed by atoms with van der Waals surface area (Å²) in [5.74, 6) is -0.879. The van der Waals surface area contributed by atoms with E-state index in [0.29, 0.717) is 26.1 Å². The van der Waals surface area contributed by atoms with Gasteiger partial charge in [-0.05, 0) is 40.0 Å². The third kappa shape index (κ3) is 4.42. The number of hydrogen-bond donors (Lipinski definition) is 1. The van der Waals surface area contributed by atoms with E-state index in [4.69, 9.17) is 23.7 Å². The van der Waals surface area contributed by atoms with Crippen molar-refractivity contribution in [1.82, 2.24) is 0 Å². The highest BCUT2D eigenvalue weighted by atomic mass is 16.6. The van der Waals surface area contributed by atoms with E-state index in [1.807, 2.05) is 6.92 Å². The van der Waals surface area contributed by atoms with E-state index in [1.165, 1.54) is 17.7 Å². The van der Waals surface area contributed by atoms with Gasteiger partial charge in [0.2, 0.25) is 0 Å². The predicted molar refractivity (Wildman–Crippen MR) is 134 cm³/mol. The molecule has 0 aromatic rings. The van der Waals surface area contributed by atoms with Crippen molar-refractivity contribution >= 4 is 11.9 Å². The van der Waals surface area contributed by atoms with Crippen molar-refractivity contribution in [1.29, 1.82) is 0 Å². The third-order valence-corrected chi connectivity index (χ3v) is 9.24. The molecule has 8 heteroatoms. The Labute approximate surface area is 218 Å². The minimum absolute atomic E-state index is 0.144. The Balaban J connectivity index is 1.51. The minimum atomic E-state index is -0.735. The molecule has 3 aliphatic heterocycles. The molecule has 0 aromatic carbocycles. The van der Waals surface area contributed by atoms with Crippen molar-refractivity contribution in [2.75, 3.05) is 19.8 Å². The van der Waals surface area contributed by atoms with Gasteiger partial charge in [0, 0.05) is 24.0 Å². The zero-order valence-corrected chi connectivity index (χ0v) is 22.1. The first-order valence-electron chi connectivity index (χ1n) is 13.3. The van der Waals surface area contributed by atoms with E-state index in [2.05, 4.69) is 19.9 Å². The van der Waals surface area contributed by atoms with Gasteiger partial charge in [0.1, 0.15) is 24.4 Å². The fourth-order valence-corrected chi connectivity index (χ4v) is 6.85. The van der Waals surface area contributed by atoms with Gasteiger partial charge in [-0.3, -0.25) is 0 Å². The van der Waals surface area contributed by atoms with Gasteiger partial charge in [-0.25, -0.2) is 9.59 Å². The number of aliphatic hydroxyl groups excluding tert-OH is 1. The molecule has 202 valence electrons. The average Bonchev–Trinajstić information content (AvgIpc) is 3.61. The van der Waals surface area contributed by atoms with E-state index >= 15 is 0 Å². The third-order valence-electron chi connectivity index (χ3n) is 9.24. The Bertz CT molecular complexity index is 1050. The maximum Gasteiger partial charge on any atom is 0.331 e. The molecule has 5 aliphatic rings. The first-order valence-corrected chi connectivity index (χ1v) is 13.3. The normalized spacial score (nSPS) is 46.2. The zero-order chi connectivity index (χ0) is 26.4. The SMILES string of the molecule is CC1=C[C@H]2O[C@@H]3C[C@H]4OC(=O)/C=C\C=C/[C@H]([C@@H](C)O)OCC/C(C)=C\C(=O)OC[C@@]2(CC1)[C@]4(C)[C@]31CO1. The molecule has 0 aromatic heterocycles. The molecule has 2 aliphatic carbocycles. The number of ether oxygens (including phenoxy) is 5. The Hall–Kier alpha value is -2.26. The number of carbonyl (C=O) groups excluding carboxylic acids is 2. The molecule has 5 rings (SSSR count). The number of esters is 2. The summed E-state index contributed by atoms with van der Waals surface area (Å²) in [5.41, 5.74) is 0.318. The summed E-state index contributed by atoms with van der Waals surface area (Å²) < 4.78 is 30.6. The van der Waals surface area contributed by atoms with E-state index in [1.54, 1.807) is 25.2 Å². The topological polar surface area (TPSA) is 104 Å². The van der Waals surface area contributed by atoms with E-state index < -0.39 is 46.7 Å². The van der Waals surface area contributed by atoms with Crippen LogP contribution in [-0.4, -0.2) is 73.0 Å². The van der Waals surface area contributed by atoms with Crippen molar-refractivity contribution < 1.29 is 38.4 Å².